The van der Waals surface area contributed by atoms with Gasteiger partial charge < -0.3 is 14.6 Å². The van der Waals surface area contributed by atoms with Crippen molar-refractivity contribution in [2.75, 3.05) is 20.3 Å². The molecule has 0 aliphatic carbocycles. The van der Waals surface area contributed by atoms with Gasteiger partial charge in [-0.3, -0.25) is 0 Å². The van der Waals surface area contributed by atoms with E-state index in [1.807, 2.05) is 0 Å². The summed E-state index contributed by atoms with van der Waals surface area (Å²) in [6.45, 7) is 8.20. The van der Waals surface area contributed by atoms with Gasteiger partial charge in [-0.2, -0.15) is 0 Å². The first-order valence-corrected chi connectivity index (χ1v) is 7.52. The van der Waals surface area contributed by atoms with Crippen LogP contribution in [-0.4, -0.2) is 24.8 Å². The van der Waals surface area contributed by atoms with Gasteiger partial charge in [0.05, 0.1) is 6.61 Å². The van der Waals surface area contributed by atoms with Crippen LogP contribution < -0.4 is 5.32 Å². The summed E-state index contributed by atoms with van der Waals surface area (Å²) in [6.07, 6.45) is 3.44. The van der Waals surface area contributed by atoms with Crippen molar-refractivity contribution in [1.29, 1.82) is 0 Å². The molecule has 0 fully saturated rings. The predicted molar refractivity (Wildman–Crippen MR) is 85.0 cm³/mol. The molecule has 2 rings (SSSR count). The van der Waals surface area contributed by atoms with Crippen molar-refractivity contribution < 1.29 is 4.74 Å². The summed E-state index contributed by atoms with van der Waals surface area (Å²) in [5.41, 5.74) is 2.71. The first-order chi connectivity index (χ1) is 9.76. The van der Waals surface area contributed by atoms with Crippen LogP contribution in [0.3, 0.4) is 0 Å². The van der Waals surface area contributed by atoms with E-state index < -0.39 is 0 Å². The number of aromatic nitrogens is 1. The van der Waals surface area contributed by atoms with Crippen LogP contribution >= 0.6 is 0 Å². The van der Waals surface area contributed by atoms with E-state index in [1.165, 1.54) is 22.9 Å². The third kappa shape index (κ3) is 3.62. The van der Waals surface area contributed by atoms with Crippen LogP contribution in [0.1, 0.15) is 25.8 Å². The molecule has 0 radical (unpaired) electrons. The Morgan fingerprint density at radius 1 is 1.30 bits per heavy atom. The second-order valence-electron chi connectivity index (χ2n) is 5.50. The smallest absolute Gasteiger partial charge is 0.0587 e. The summed E-state index contributed by atoms with van der Waals surface area (Å²) < 4.78 is 7.44. The lowest BCUT2D eigenvalue weighted by Gasteiger charge is -2.12. The fraction of sp³-hybridized carbons (Fsp3) is 0.529. The Morgan fingerprint density at radius 2 is 2.15 bits per heavy atom. The van der Waals surface area contributed by atoms with Gasteiger partial charge in [0.1, 0.15) is 0 Å². The zero-order chi connectivity index (χ0) is 14.4. The summed E-state index contributed by atoms with van der Waals surface area (Å²) in [7, 11) is 1.73. The fourth-order valence-electron chi connectivity index (χ4n) is 2.46. The summed E-state index contributed by atoms with van der Waals surface area (Å²) in [4.78, 5) is 0. The van der Waals surface area contributed by atoms with Crippen molar-refractivity contribution in [2.45, 2.75) is 33.4 Å². The molecule has 0 amide bonds. The van der Waals surface area contributed by atoms with Crippen LogP contribution in [0.5, 0.6) is 0 Å². The van der Waals surface area contributed by atoms with Gasteiger partial charge in [-0.05, 0) is 23.6 Å². The number of hydrogen-bond donors (Lipinski definition) is 1. The summed E-state index contributed by atoms with van der Waals surface area (Å²) in [5.74, 6) is 0.717. The molecule has 0 spiro atoms. The van der Waals surface area contributed by atoms with Crippen molar-refractivity contribution in [3.8, 4) is 0 Å². The zero-order valence-electron chi connectivity index (χ0n) is 12.9. The van der Waals surface area contributed by atoms with Gasteiger partial charge in [0, 0.05) is 43.8 Å². The molecular weight excluding hydrogens is 248 g/mol. The third-order valence-corrected chi connectivity index (χ3v) is 3.91. The molecule has 1 N–H and O–H groups in total. The van der Waals surface area contributed by atoms with E-state index in [0.29, 0.717) is 5.92 Å². The number of hydrogen-bond acceptors (Lipinski definition) is 2. The lowest BCUT2D eigenvalue weighted by molar-refractivity contribution is 0.199. The molecule has 0 aliphatic rings. The normalized spacial score (nSPS) is 12.9. The SMILES string of the molecule is CCC(C)Cn1ccc2c(CNCCOC)cccc21. The highest BCUT2D eigenvalue weighted by molar-refractivity contribution is 5.83. The molecule has 0 aliphatic heterocycles. The molecule has 1 aromatic heterocycles. The Bertz CT molecular complexity index is 533. The number of ether oxygens (including phenoxy) is 1. The van der Waals surface area contributed by atoms with Crippen LogP contribution in [0.2, 0.25) is 0 Å². The third-order valence-electron chi connectivity index (χ3n) is 3.91. The monoisotopic (exact) mass is 274 g/mol. The van der Waals surface area contributed by atoms with E-state index in [1.54, 1.807) is 7.11 Å². The molecule has 3 nitrogen and oxygen atoms in total. The van der Waals surface area contributed by atoms with E-state index in [2.05, 4.69) is 54.2 Å². The van der Waals surface area contributed by atoms with Crippen molar-refractivity contribution in [3.05, 3.63) is 36.0 Å². The lowest BCUT2D eigenvalue weighted by Crippen LogP contribution is -2.18. The molecular formula is C17H26N2O. The van der Waals surface area contributed by atoms with Crippen LogP contribution in [0, 0.1) is 5.92 Å². The minimum Gasteiger partial charge on any atom is -0.383 e. The molecule has 110 valence electrons. The topological polar surface area (TPSA) is 26.2 Å². The molecule has 1 heterocycles. The van der Waals surface area contributed by atoms with Gasteiger partial charge in [0.15, 0.2) is 0 Å². The van der Waals surface area contributed by atoms with E-state index in [4.69, 9.17) is 4.74 Å². The Morgan fingerprint density at radius 3 is 2.90 bits per heavy atom. The predicted octanol–water partition coefficient (Wildman–Crippen LogP) is 3.42. The van der Waals surface area contributed by atoms with E-state index in [0.717, 1.165) is 26.2 Å². The number of benzene rings is 1. The Hall–Kier alpha value is -1.32. The summed E-state index contributed by atoms with van der Waals surface area (Å²) in [6, 6.07) is 8.82. The Kier molecular flexibility index (Phi) is 5.62. The molecule has 20 heavy (non-hydrogen) atoms. The van der Waals surface area contributed by atoms with Crippen molar-refractivity contribution in [1.82, 2.24) is 9.88 Å². The maximum absolute atomic E-state index is 5.06. The van der Waals surface area contributed by atoms with Gasteiger partial charge in [-0.25, -0.2) is 0 Å². The van der Waals surface area contributed by atoms with Gasteiger partial charge in [0.25, 0.3) is 0 Å². The standard InChI is InChI=1S/C17H26N2O/c1-4-14(2)13-19-10-8-16-15(6-5-7-17(16)19)12-18-9-11-20-3/h5-8,10,14,18H,4,9,11-13H2,1-3H3. The minimum atomic E-state index is 0.717. The maximum Gasteiger partial charge on any atom is 0.0587 e. The van der Waals surface area contributed by atoms with Crippen LogP contribution in [-0.2, 0) is 17.8 Å². The highest BCUT2D eigenvalue weighted by Crippen LogP contribution is 2.21. The van der Waals surface area contributed by atoms with Crippen LogP contribution in [0.25, 0.3) is 10.9 Å². The summed E-state index contributed by atoms with van der Waals surface area (Å²) >= 11 is 0. The van der Waals surface area contributed by atoms with Gasteiger partial charge in [-0.1, -0.05) is 32.4 Å². The maximum atomic E-state index is 5.06. The first-order valence-electron chi connectivity index (χ1n) is 7.52. The first kappa shape index (κ1) is 15.1. The second kappa shape index (κ2) is 7.46. The number of nitrogens with one attached hydrogen (secondary N) is 1. The van der Waals surface area contributed by atoms with E-state index in [-0.39, 0.29) is 0 Å². The molecule has 2 aromatic rings. The molecule has 1 aromatic carbocycles. The van der Waals surface area contributed by atoms with Gasteiger partial charge in [-0.15, -0.1) is 0 Å². The zero-order valence-corrected chi connectivity index (χ0v) is 12.9. The molecule has 3 heteroatoms. The molecule has 0 saturated carbocycles. The highest BCUT2D eigenvalue weighted by atomic mass is 16.5. The van der Waals surface area contributed by atoms with Crippen LogP contribution in [0.15, 0.2) is 30.5 Å². The molecule has 0 bridgehead atoms. The second-order valence-corrected chi connectivity index (χ2v) is 5.50. The number of nitrogens with zero attached hydrogens (tertiary/aromatic N) is 1. The molecule has 1 unspecified atom stereocenters. The lowest BCUT2D eigenvalue weighted by atomic mass is 10.1. The highest BCUT2D eigenvalue weighted by Gasteiger charge is 2.07. The van der Waals surface area contributed by atoms with Crippen molar-refractivity contribution in [2.24, 2.45) is 5.92 Å². The van der Waals surface area contributed by atoms with E-state index >= 15 is 0 Å². The summed E-state index contributed by atoms with van der Waals surface area (Å²) in [5, 5.41) is 4.78. The molecule has 1 atom stereocenters. The van der Waals surface area contributed by atoms with E-state index in [9.17, 15) is 0 Å². The number of fused-ring (bicyclic) bond motifs is 1. The van der Waals surface area contributed by atoms with Crippen molar-refractivity contribution in [3.63, 3.8) is 0 Å². The molecule has 0 saturated heterocycles. The van der Waals surface area contributed by atoms with Gasteiger partial charge in [0.2, 0.25) is 0 Å². The fourth-order valence-corrected chi connectivity index (χ4v) is 2.46. The largest absolute Gasteiger partial charge is 0.383 e. The van der Waals surface area contributed by atoms with Gasteiger partial charge >= 0.3 is 0 Å². The Labute approximate surface area is 121 Å². The minimum absolute atomic E-state index is 0.717. The number of methoxy groups -OCH3 is 1. The average molecular weight is 274 g/mol. The average Bonchev–Trinajstić information content (AvgIpc) is 2.87. The van der Waals surface area contributed by atoms with Crippen LogP contribution in [0.4, 0.5) is 0 Å². The Balaban J connectivity index is 2.12. The quantitative estimate of drug-likeness (QED) is 0.746. The number of rotatable bonds is 8. The van der Waals surface area contributed by atoms with Crippen molar-refractivity contribution >= 4 is 10.9 Å².